The van der Waals surface area contributed by atoms with Gasteiger partial charge >= 0.3 is 0 Å². The Labute approximate surface area is 219 Å². The van der Waals surface area contributed by atoms with Gasteiger partial charge in [-0.3, -0.25) is 4.90 Å². The molecule has 1 unspecified atom stereocenters. The number of fused-ring (bicyclic) bond motifs is 7. The first-order valence-electron chi connectivity index (χ1n) is 13.0. The third-order valence-electron chi connectivity index (χ3n) is 8.31. The molecule has 0 spiro atoms. The second-order valence-electron chi connectivity index (χ2n) is 9.98. The Morgan fingerprint density at radius 3 is 2.24 bits per heavy atom. The highest BCUT2D eigenvalue weighted by Gasteiger charge is 2.39. The number of aromatic amines is 2. The molecule has 5 heterocycles. The Kier molecular flexibility index (Phi) is 5.26. The summed E-state index contributed by atoms with van der Waals surface area (Å²) in [7, 11) is 6.89. The van der Waals surface area contributed by atoms with Gasteiger partial charge in [0.15, 0.2) is 5.76 Å². The highest BCUT2D eigenvalue weighted by Crippen LogP contribution is 2.39. The normalized spacial score (nSPS) is 19.1. The van der Waals surface area contributed by atoms with Crippen LogP contribution >= 0.6 is 0 Å². The fourth-order valence-corrected chi connectivity index (χ4v) is 6.64. The Morgan fingerprint density at radius 1 is 0.816 bits per heavy atom. The summed E-state index contributed by atoms with van der Waals surface area (Å²) in [6, 6.07) is 12.4. The van der Waals surface area contributed by atoms with Gasteiger partial charge in [-0.25, -0.2) is 4.98 Å². The first-order valence-corrected chi connectivity index (χ1v) is 13.0. The average Bonchev–Trinajstić information content (AvgIpc) is 3.56. The van der Waals surface area contributed by atoms with E-state index in [0.29, 0.717) is 0 Å². The van der Waals surface area contributed by atoms with Crippen molar-refractivity contribution in [1.29, 1.82) is 0 Å². The monoisotopic (exact) mass is 511 g/mol. The van der Waals surface area contributed by atoms with E-state index in [4.69, 9.17) is 23.9 Å². The Balaban J connectivity index is 1.48. The van der Waals surface area contributed by atoms with E-state index >= 15 is 0 Å². The van der Waals surface area contributed by atoms with Crippen LogP contribution in [0.15, 0.2) is 42.6 Å². The molecule has 194 valence electrons. The molecule has 2 aliphatic rings. The van der Waals surface area contributed by atoms with Crippen LogP contribution in [0, 0.1) is 0 Å². The number of rotatable bonds is 5. The largest absolute Gasteiger partial charge is 0.495 e. The summed E-state index contributed by atoms with van der Waals surface area (Å²) < 4.78 is 23.2. The standard InChI is InChI=1S/C30H30N4O4/c1-35-20-12-6-9-17-25-23(38-4)15-34-18(28(25)32-26(17)20)10-7-11-19(34)29-30-24(22(37-3)14-31-29)16-8-5-13-21(36-2)27(16)33-30/h5-6,8-9,12-14,19,32-33H,7,10-11,15H2,1-4H3/p+1/t19-/m1/s1. The molecule has 2 aliphatic heterocycles. The van der Waals surface area contributed by atoms with E-state index in [-0.39, 0.29) is 6.04 Å². The minimum absolute atomic E-state index is 0.151. The van der Waals surface area contributed by atoms with E-state index in [2.05, 4.69) is 22.1 Å². The van der Waals surface area contributed by atoms with Crippen molar-refractivity contribution in [1.82, 2.24) is 15.0 Å². The third-order valence-corrected chi connectivity index (χ3v) is 8.31. The van der Waals surface area contributed by atoms with Crippen molar-refractivity contribution in [3.8, 4) is 17.2 Å². The first-order chi connectivity index (χ1) is 18.7. The van der Waals surface area contributed by atoms with Gasteiger partial charge in [0.05, 0.1) is 61.8 Å². The third kappa shape index (κ3) is 3.10. The van der Waals surface area contributed by atoms with E-state index in [1.165, 1.54) is 10.6 Å². The van der Waals surface area contributed by atoms with Crippen LogP contribution < -0.4 is 29.7 Å². The van der Waals surface area contributed by atoms with Gasteiger partial charge in [-0.2, -0.15) is 0 Å². The molecule has 7 rings (SSSR count). The summed E-state index contributed by atoms with van der Waals surface area (Å²) in [5.74, 6) is 3.38. The van der Waals surface area contributed by atoms with E-state index in [1.54, 1.807) is 28.4 Å². The van der Waals surface area contributed by atoms with Gasteiger partial charge in [0.25, 0.3) is 0 Å². The molecule has 1 fully saturated rings. The zero-order valence-electron chi connectivity index (χ0n) is 22.0. The number of nitrogens with one attached hydrogen (secondary N) is 3. The van der Waals surface area contributed by atoms with Gasteiger partial charge in [-0.05, 0) is 18.6 Å². The van der Waals surface area contributed by atoms with Crippen molar-refractivity contribution in [3.05, 3.63) is 58.9 Å². The molecule has 0 aliphatic carbocycles. The fraction of sp³-hybridized carbons (Fsp3) is 0.300. The molecule has 0 radical (unpaired) electrons. The number of nitrogens with zero attached hydrogens (tertiary/aromatic N) is 1. The number of methoxy groups -OCH3 is 4. The van der Waals surface area contributed by atoms with Gasteiger partial charge in [-0.1, -0.05) is 24.3 Å². The molecule has 38 heavy (non-hydrogen) atoms. The van der Waals surface area contributed by atoms with Gasteiger partial charge in [0.1, 0.15) is 46.6 Å². The Morgan fingerprint density at radius 2 is 1.53 bits per heavy atom. The number of pyridine rings is 1. The summed E-state index contributed by atoms with van der Waals surface area (Å²) in [5.41, 5.74) is 5.39. The van der Waals surface area contributed by atoms with Gasteiger partial charge in [0, 0.05) is 23.6 Å². The first kappa shape index (κ1) is 23.0. The number of H-pyrrole nitrogens is 2. The van der Waals surface area contributed by atoms with Crippen LogP contribution in [0.5, 0.6) is 17.2 Å². The van der Waals surface area contributed by atoms with Crippen LogP contribution in [0.25, 0.3) is 44.2 Å². The van der Waals surface area contributed by atoms with Crippen LogP contribution in [-0.4, -0.2) is 49.9 Å². The number of ether oxygens (including phenoxy) is 4. The van der Waals surface area contributed by atoms with Gasteiger partial charge in [0.2, 0.25) is 0 Å². The number of aromatic nitrogens is 3. The van der Waals surface area contributed by atoms with Crippen LogP contribution in [0.2, 0.25) is 0 Å². The second kappa shape index (κ2) is 8.70. The van der Waals surface area contributed by atoms with E-state index in [9.17, 15) is 0 Å². The minimum atomic E-state index is 0.151. The maximum Gasteiger partial charge on any atom is 0.160 e. The molecule has 5 aromatic rings. The van der Waals surface area contributed by atoms with Crippen molar-refractivity contribution < 1.29 is 23.8 Å². The average molecular weight is 512 g/mol. The van der Waals surface area contributed by atoms with Crippen molar-refractivity contribution in [2.24, 2.45) is 0 Å². The predicted octanol–water partition coefficient (Wildman–Crippen LogP) is 2.91. The Hall–Kier alpha value is -4.17. The van der Waals surface area contributed by atoms with Crippen LogP contribution in [0.3, 0.4) is 0 Å². The predicted molar refractivity (Wildman–Crippen MR) is 147 cm³/mol. The highest BCUT2D eigenvalue weighted by molar-refractivity contribution is 6.12. The smallest absolute Gasteiger partial charge is 0.160 e. The minimum Gasteiger partial charge on any atom is -0.495 e. The number of para-hydroxylation sites is 2. The van der Waals surface area contributed by atoms with Crippen molar-refractivity contribution >= 4 is 44.2 Å². The quantitative estimate of drug-likeness (QED) is 0.338. The van der Waals surface area contributed by atoms with Crippen molar-refractivity contribution in [3.63, 3.8) is 0 Å². The van der Waals surface area contributed by atoms with E-state index < -0.39 is 0 Å². The summed E-state index contributed by atoms with van der Waals surface area (Å²) in [4.78, 5) is 13.8. The van der Waals surface area contributed by atoms with Crippen LogP contribution in [-0.2, 0) is 4.74 Å². The molecule has 8 nitrogen and oxygen atoms in total. The van der Waals surface area contributed by atoms with Gasteiger partial charge < -0.3 is 28.9 Å². The Bertz CT molecular complexity index is 1850. The fourth-order valence-electron chi connectivity index (χ4n) is 6.64. The summed E-state index contributed by atoms with van der Waals surface area (Å²) in [6.07, 6.45) is 4.99. The number of hydrogen-bond donors (Lipinski definition) is 3. The molecule has 1 saturated heterocycles. The van der Waals surface area contributed by atoms with Crippen molar-refractivity contribution in [2.45, 2.75) is 25.3 Å². The molecule has 2 atom stereocenters. The molecular formula is C30H31N4O4+. The lowest BCUT2D eigenvalue weighted by molar-refractivity contribution is -0.862. The molecule has 0 bridgehead atoms. The molecule has 0 saturated carbocycles. The highest BCUT2D eigenvalue weighted by atomic mass is 16.5. The lowest BCUT2D eigenvalue weighted by Crippen LogP contribution is -3.12. The maximum absolute atomic E-state index is 6.05. The summed E-state index contributed by atoms with van der Waals surface area (Å²) in [5, 5.41) is 5.56. The zero-order valence-corrected chi connectivity index (χ0v) is 22.0. The molecule has 3 aromatic heterocycles. The SMILES string of the molecule is COC1=c2c([nH]c3c(OC)cccc23)=C2CCC[C@H](c3ncc(OC)c4c3[nH]c3c(OC)cccc34)[NH+]2C1. The molecule has 8 heteroatoms. The van der Waals surface area contributed by atoms with E-state index in [0.717, 1.165) is 97.8 Å². The van der Waals surface area contributed by atoms with Crippen molar-refractivity contribution in [2.75, 3.05) is 35.0 Å². The lowest BCUT2D eigenvalue weighted by Gasteiger charge is -2.35. The topological polar surface area (TPSA) is 85.8 Å². The summed E-state index contributed by atoms with van der Waals surface area (Å²) >= 11 is 0. The number of quaternary nitrogens is 1. The zero-order chi connectivity index (χ0) is 26.0. The van der Waals surface area contributed by atoms with Gasteiger partial charge in [-0.15, -0.1) is 0 Å². The van der Waals surface area contributed by atoms with Crippen LogP contribution in [0.4, 0.5) is 0 Å². The molecular weight excluding hydrogens is 480 g/mol. The molecule has 3 N–H and O–H groups in total. The maximum atomic E-state index is 6.05. The number of benzene rings is 2. The van der Waals surface area contributed by atoms with Crippen LogP contribution in [0.1, 0.15) is 31.0 Å². The second-order valence-corrected chi connectivity index (χ2v) is 9.98. The molecule has 0 amide bonds. The number of hydrogen-bond acceptors (Lipinski definition) is 5. The number of piperidine rings is 1. The van der Waals surface area contributed by atoms with E-state index in [1.807, 2.05) is 30.5 Å². The summed E-state index contributed by atoms with van der Waals surface area (Å²) in [6.45, 7) is 0.756. The molecule has 2 aromatic carbocycles. The lowest BCUT2D eigenvalue weighted by atomic mass is 9.93.